The number of ether oxygens (including phenoxy) is 4. The van der Waals surface area contributed by atoms with E-state index < -0.39 is 12.2 Å². The average Bonchev–Trinajstić information content (AvgIpc) is 3.23. The maximum Gasteiger partial charge on any atom is 0.286 e. The second kappa shape index (κ2) is 15.5. The monoisotopic (exact) mass is 579 g/mol. The lowest BCUT2D eigenvalue weighted by molar-refractivity contribution is -0.168. The van der Waals surface area contributed by atoms with Crippen molar-refractivity contribution in [3.8, 4) is 5.69 Å². The van der Waals surface area contributed by atoms with Gasteiger partial charge in [-0.05, 0) is 44.0 Å². The van der Waals surface area contributed by atoms with E-state index in [1.165, 1.54) is 0 Å². The first-order valence-electron chi connectivity index (χ1n) is 14.4. The highest BCUT2D eigenvalue weighted by atomic mass is 16.7. The fourth-order valence-corrected chi connectivity index (χ4v) is 5.22. The number of rotatable bonds is 15. The van der Waals surface area contributed by atoms with Gasteiger partial charge in [0.1, 0.15) is 0 Å². The van der Waals surface area contributed by atoms with Crippen LogP contribution in [0.15, 0.2) is 77.3 Å². The molecular formula is C32H41N3O7. The molecule has 226 valence electrons. The lowest BCUT2D eigenvalue weighted by Gasteiger charge is -2.36. The molecule has 4 rings (SSSR count). The lowest BCUT2D eigenvalue weighted by atomic mass is 9.81. The highest BCUT2D eigenvalue weighted by molar-refractivity contribution is 5.91. The summed E-state index contributed by atoms with van der Waals surface area (Å²) in [6.07, 6.45) is 1.51. The van der Waals surface area contributed by atoms with Crippen molar-refractivity contribution >= 4 is 5.91 Å². The molecule has 1 aliphatic heterocycles. The molecule has 0 fully saturated rings. The molecule has 0 radical (unpaired) electrons. The Morgan fingerprint density at radius 3 is 2.33 bits per heavy atom. The molecule has 10 heteroatoms. The van der Waals surface area contributed by atoms with Crippen LogP contribution in [-0.2, 0) is 37.3 Å². The maximum atomic E-state index is 14.0. The maximum absolute atomic E-state index is 14.0. The van der Waals surface area contributed by atoms with E-state index in [4.69, 9.17) is 24.1 Å². The first-order valence-corrected chi connectivity index (χ1v) is 14.4. The van der Waals surface area contributed by atoms with Crippen LogP contribution in [0, 0.1) is 12.8 Å². The molecule has 0 saturated carbocycles. The van der Waals surface area contributed by atoms with E-state index in [1.807, 2.05) is 86.2 Å². The zero-order valence-electron chi connectivity index (χ0n) is 24.5. The Balaban J connectivity index is 1.66. The van der Waals surface area contributed by atoms with Crippen molar-refractivity contribution in [3.05, 3.63) is 99.7 Å². The number of nitrogens with one attached hydrogen (secondary N) is 1. The first kappa shape index (κ1) is 31.2. The van der Waals surface area contributed by atoms with Gasteiger partial charge < -0.3 is 29.4 Å². The van der Waals surface area contributed by atoms with E-state index in [-0.39, 0.29) is 36.4 Å². The van der Waals surface area contributed by atoms with E-state index in [9.17, 15) is 9.59 Å². The largest absolute Gasteiger partial charge is 0.459 e. The zero-order chi connectivity index (χ0) is 29.9. The molecule has 3 aromatic rings. The molecule has 1 aliphatic rings. The predicted octanol–water partition coefficient (Wildman–Crippen LogP) is 3.19. The standard InChI is InChI=1S/C32H41N3O7/c1-4-41-32-26(15-17-39-19-20-40-18-16-36)27(21-28(42-32)30(37)33-22-24-11-7-5-8-12-24)29-23(2)34(3)35(31(29)38)25-13-9-6-10-14-25/h5-14,21,26-27,32,36H,4,15-20,22H2,1-3H3,(H,33,37)/t26-,27-,32+/m1/s1. The Hall–Kier alpha value is -3.70. The summed E-state index contributed by atoms with van der Waals surface area (Å²) in [7, 11) is 1.86. The number of carbonyl (C=O) groups excluding carboxylic acids is 1. The topological polar surface area (TPSA) is 113 Å². The normalized spacial score (nSPS) is 18.4. The molecule has 42 heavy (non-hydrogen) atoms. The van der Waals surface area contributed by atoms with E-state index in [0.717, 1.165) is 16.9 Å². The highest BCUT2D eigenvalue weighted by Gasteiger charge is 2.41. The Kier molecular flexibility index (Phi) is 11.5. The van der Waals surface area contributed by atoms with Gasteiger partial charge in [0, 0.05) is 49.9 Å². The molecule has 0 aliphatic carbocycles. The SMILES string of the molecule is CCO[C@H]1OC(C(=O)NCc2ccccc2)=C[C@@H](c2c(C)n(C)n(-c3ccccc3)c2=O)[C@H]1CCOCCOCCO. The molecule has 2 N–H and O–H groups in total. The van der Waals surface area contributed by atoms with Crippen LogP contribution in [0.25, 0.3) is 5.69 Å². The van der Waals surface area contributed by atoms with Crippen molar-refractivity contribution in [1.29, 1.82) is 0 Å². The number of para-hydroxylation sites is 1. The minimum atomic E-state index is -0.763. The Morgan fingerprint density at radius 1 is 1.00 bits per heavy atom. The number of amides is 1. The van der Waals surface area contributed by atoms with Crippen LogP contribution in [0.4, 0.5) is 0 Å². The molecule has 10 nitrogen and oxygen atoms in total. The Morgan fingerprint density at radius 2 is 1.67 bits per heavy atom. The number of aromatic nitrogens is 2. The Labute approximate surface area is 246 Å². The van der Waals surface area contributed by atoms with Crippen LogP contribution < -0.4 is 10.9 Å². The van der Waals surface area contributed by atoms with Crippen LogP contribution in [0.3, 0.4) is 0 Å². The summed E-state index contributed by atoms with van der Waals surface area (Å²) >= 11 is 0. The minimum absolute atomic E-state index is 0.0400. The van der Waals surface area contributed by atoms with E-state index in [2.05, 4.69) is 5.32 Å². The number of allylic oxidation sites excluding steroid dienone is 1. The van der Waals surface area contributed by atoms with Crippen molar-refractivity contribution in [2.45, 2.75) is 39.0 Å². The number of hydrogen-bond donors (Lipinski definition) is 2. The highest BCUT2D eigenvalue weighted by Crippen LogP contribution is 2.39. The van der Waals surface area contributed by atoms with Crippen molar-refractivity contribution in [2.75, 3.05) is 39.6 Å². The van der Waals surface area contributed by atoms with Gasteiger partial charge in [0.2, 0.25) is 6.29 Å². The summed E-state index contributed by atoms with van der Waals surface area (Å²) in [5.74, 6) is -1.02. The number of benzene rings is 2. The van der Waals surface area contributed by atoms with E-state index in [1.54, 1.807) is 10.8 Å². The van der Waals surface area contributed by atoms with Gasteiger partial charge in [0.05, 0.1) is 32.1 Å². The van der Waals surface area contributed by atoms with Crippen LogP contribution in [0.5, 0.6) is 0 Å². The van der Waals surface area contributed by atoms with Gasteiger partial charge >= 0.3 is 0 Å². The molecule has 0 spiro atoms. The number of aliphatic hydroxyl groups is 1. The summed E-state index contributed by atoms with van der Waals surface area (Å²) < 4.78 is 26.8. The summed E-state index contributed by atoms with van der Waals surface area (Å²) in [5.41, 5.74) is 2.92. The van der Waals surface area contributed by atoms with Crippen molar-refractivity contribution in [1.82, 2.24) is 14.7 Å². The van der Waals surface area contributed by atoms with Gasteiger partial charge in [-0.15, -0.1) is 0 Å². The summed E-state index contributed by atoms with van der Waals surface area (Å²) in [4.78, 5) is 27.4. The van der Waals surface area contributed by atoms with Crippen molar-refractivity contribution in [2.24, 2.45) is 13.0 Å². The average molecular weight is 580 g/mol. The van der Waals surface area contributed by atoms with Crippen LogP contribution in [0.2, 0.25) is 0 Å². The van der Waals surface area contributed by atoms with Gasteiger partial charge in [0.25, 0.3) is 11.5 Å². The molecule has 0 unspecified atom stereocenters. The summed E-state index contributed by atoms with van der Waals surface area (Å²) in [6.45, 7) is 5.81. The van der Waals surface area contributed by atoms with Crippen LogP contribution >= 0.6 is 0 Å². The lowest BCUT2D eigenvalue weighted by Crippen LogP contribution is -2.40. The van der Waals surface area contributed by atoms with E-state index >= 15 is 0 Å². The second-order valence-electron chi connectivity index (χ2n) is 10.0. The van der Waals surface area contributed by atoms with Gasteiger partial charge in [-0.3, -0.25) is 14.3 Å². The third-order valence-electron chi connectivity index (χ3n) is 7.37. The number of hydrogen-bond acceptors (Lipinski definition) is 7. The fraction of sp³-hybridized carbons (Fsp3) is 0.438. The first-order chi connectivity index (χ1) is 20.5. The van der Waals surface area contributed by atoms with Gasteiger partial charge in [-0.25, -0.2) is 4.68 Å². The van der Waals surface area contributed by atoms with Gasteiger partial charge in [-0.1, -0.05) is 48.5 Å². The molecule has 3 atom stereocenters. The van der Waals surface area contributed by atoms with Crippen molar-refractivity contribution in [3.63, 3.8) is 0 Å². The second-order valence-corrected chi connectivity index (χ2v) is 10.0. The molecular weight excluding hydrogens is 538 g/mol. The third kappa shape index (κ3) is 7.57. The smallest absolute Gasteiger partial charge is 0.286 e. The predicted molar refractivity (Wildman–Crippen MR) is 158 cm³/mol. The number of nitrogens with zero attached hydrogens (tertiary/aromatic N) is 2. The zero-order valence-corrected chi connectivity index (χ0v) is 24.5. The third-order valence-corrected chi connectivity index (χ3v) is 7.37. The minimum Gasteiger partial charge on any atom is -0.459 e. The molecule has 2 heterocycles. The molecule has 0 saturated heterocycles. The van der Waals surface area contributed by atoms with Crippen molar-refractivity contribution < 1.29 is 28.8 Å². The summed E-state index contributed by atoms with van der Waals surface area (Å²) in [6, 6.07) is 19.1. The fourth-order valence-electron chi connectivity index (χ4n) is 5.22. The number of aliphatic hydroxyl groups excluding tert-OH is 1. The van der Waals surface area contributed by atoms with Gasteiger partial charge in [0.15, 0.2) is 5.76 Å². The molecule has 1 aromatic heterocycles. The molecule has 1 amide bonds. The molecule has 0 bridgehead atoms. The van der Waals surface area contributed by atoms with Crippen LogP contribution in [-0.4, -0.2) is 66.3 Å². The summed E-state index contributed by atoms with van der Waals surface area (Å²) in [5, 5.41) is 11.8. The van der Waals surface area contributed by atoms with Gasteiger partial charge in [-0.2, -0.15) is 0 Å². The molecule has 2 aromatic carbocycles. The quantitative estimate of drug-likeness (QED) is 0.266. The Bertz CT molecular complexity index is 1370. The number of carbonyl (C=O) groups is 1. The van der Waals surface area contributed by atoms with Crippen LogP contribution in [0.1, 0.15) is 36.1 Å². The van der Waals surface area contributed by atoms with E-state index in [0.29, 0.717) is 45.0 Å².